The first kappa shape index (κ1) is 30.9. The molecule has 0 saturated carbocycles. The van der Waals surface area contributed by atoms with Gasteiger partial charge in [-0.3, -0.25) is 14.5 Å². The lowest BCUT2D eigenvalue weighted by atomic mass is 9.98. The number of hydrogen-bond acceptors (Lipinski definition) is 10. The summed E-state index contributed by atoms with van der Waals surface area (Å²) in [5.74, 6) is 0.111. The molecular formula is C33H38F2N6O4. The second-order valence-electron chi connectivity index (χ2n) is 11.4. The van der Waals surface area contributed by atoms with Gasteiger partial charge in [-0.1, -0.05) is 6.58 Å². The fourth-order valence-electron chi connectivity index (χ4n) is 6.43. The third-order valence-corrected chi connectivity index (χ3v) is 8.68. The summed E-state index contributed by atoms with van der Waals surface area (Å²) in [5, 5.41) is 4.87. The molecule has 3 aliphatic heterocycles. The van der Waals surface area contributed by atoms with E-state index in [2.05, 4.69) is 31.7 Å². The van der Waals surface area contributed by atoms with Crippen LogP contribution in [0.15, 0.2) is 55.4 Å². The summed E-state index contributed by atoms with van der Waals surface area (Å²) >= 11 is 0. The second kappa shape index (κ2) is 13.9. The van der Waals surface area contributed by atoms with Crippen molar-refractivity contribution in [2.24, 2.45) is 0 Å². The number of anilines is 4. The third-order valence-electron chi connectivity index (χ3n) is 8.68. The molecule has 2 aromatic carbocycles. The van der Waals surface area contributed by atoms with E-state index in [0.29, 0.717) is 47.7 Å². The Morgan fingerprint density at radius 3 is 2.49 bits per heavy atom. The molecule has 0 bridgehead atoms. The Hall–Kier alpha value is -4.13. The van der Waals surface area contributed by atoms with Crippen molar-refractivity contribution in [1.29, 1.82) is 0 Å². The minimum atomic E-state index is -0.648. The van der Waals surface area contributed by atoms with Crippen LogP contribution in [-0.4, -0.2) is 79.8 Å². The van der Waals surface area contributed by atoms with Gasteiger partial charge in [0.15, 0.2) is 11.6 Å². The second-order valence-corrected chi connectivity index (χ2v) is 11.4. The Kier molecular flexibility index (Phi) is 9.53. The van der Waals surface area contributed by atoms with Crippen molar-refractivity contribution < 1.29 is 27.9 Å². The van der Waals surface area contributed by atoms with Gasteiger partial charge in [0.2, 0.25) is 0 Å². The number of ketones is 1. The number of morpholine rings is 1. The summed E-state index contributed by atoms with van der Waals surface area (Å²) in [5.41, 5.74) is 2.92. The van der Waals surface area contributed by atoms with Gasteiger partial charge < -0.3 is 19.7 Å². The number of carbonyl (C=O) groups is 1. The molecule has 0 amide bonds. The zero-order chi connectivity index (χ0) is 31.3. The van der Waals surface area contributed by atoms with Gasteiger partial charge in [-0.25, -0.2) is 23.8 Å². The highest BCUT2D eigenvalue weighted by Crippen LogP contribution is 2.39. The molecule has 1 N–H and O–H groups in total. The fraction of sp³-hybridized carbons (Fsp3) is 0.424. The predicted molar refractivity (Wildman–Crippen MR) is 167 cm³/mol. The maximum Gasteiger partial charge on any atom is 0.159 e. The number of nitrogens with one attached hydrogen (secondary N) is 1. The van der Waals surface area contributed by atoms with Crippen molar-refractivity contribution in [3.05, 3.63) is 78.1 Å². The number of hydroxylamine groups is 1. The lowest BCUT2D eigenvalue weighted by Gasteiger charge is -2.41. The summed E-state index contributed by atoms with van der Waals surface area (Å²) in [6.07, 6.45) is 5.54. The van der Waals surface area contributed by atoms with Crippen LogP contribution in [0.5, 0.6) is 5.75 Å². The number of halogens is 2. The van der Waals surface area contributed by atoms with Crippen LogP contribution >= 0.6 is 0 Å². The lowest BCUT2D eigenvalue weighted by molar-refractivity contribution is -0.114. The molecule has 3 aliphatic rings. The minimum absolute atomic E-state index is 0.0779. The fourth-order valence-corrected chi connectivity index (χ4v) is 6.43. The highest BCUT2D eigenvalue weighted by atomic mass is 19.1. The number of benzene rings is 2. The Balaban J connectivity index is 1.24. The molecule has 0 aliphatic carbocycles. The third kappa shape index (κ3) is 7.08. The molecule has 12 heteroatoms. The average Bonchev–Trinajstić information content (AvgIpc) is 3.56. The van der Waals surface area contributed by atoms with Gasteiger partial charge in [0.1, 0.15) is 29.5 Å². The number of carbonyl (C=O) groups excluding carboxylic acids is 1. The van der Waals surface area contributed by atoms with Gasteiger partial charge in [0.05, 0.1) is 38.7 Å². The molecular weight excluding hydrogens is 582 g/mol. The molecule has 0 radical (unpaired) electrons. The van der Waals surface area contributed by atoms with Gasteiger partial charge in [-0.2, -0.15) is 0 Å². The van der Waals surface area contributed by atoms with Crippen molar-refractivity contribution in [2.45, 2.75) is 37.8 Å². The quantitative estimate of drug-likeness (QED) is 0.313. The van der Waals surface area contributed by atoms with Gasteiger partial charge >= 0.3 is 0 Å². The first-order valence-electron chi connectivity index (χ1n) is 15.3. The number of piperidine rings is 1. The molecule has 1 aromatic heterocycles. The summed E-state index contributed by atoms with van der Waals surface area (Å²) in [4.78, 5) is 32.0. The molecule has 3 aromatic rings. The molecule has 3 saturated heterocycles. The summed E-state index contributed by atoms with van der Waals surface area (Å²) in [7, 11) is 1.61. The number of rotatable bonds is 10. The van der Waals surface area contributed by atoms with Crippen LogP contribution in [0.4, 0.5) is 31.8 Å². The molecule has 45 heavy (non-hydrogen) atoms. The average molecular weight is 621 g/mol. The van der Waals surface area contributed by atoms with Crippen molar-refractivity contribution in [1.82, 2.24) is 14.9 Å². The zero-order valence-corrected chi connectivity index (χ0v) is 25.4. The molecule has 1 atom stereocenters. The molecule has 3 fully saturated rings. The van der Waals surface area contributed by atoms with E-state index >= 15 is 0 Å². The first-order valence-corrected chi connectivity index (χ1v) is 15.3. The smallest absolute Gasteiger partial charge is 0.159 e. The van der Waals surface area contributed by atoms with Crippen molar-refractivity contribution in [2.75, 3.05) is 68.4 Å². The van der Waals surface area contributed by atoms with E-state index in [1.54, 1.807) is 18.2 Å². The molecule has 4 heterocycles. The van der Waals surface area contributed by atoms with Gasteiger partial charge in [0.25, 0.3) is 0 Å². The van der Waals surface area contributed by atoms with Gasteiger partial charge in [-0.05, 0) is 48.2 Å². The van der Waals surface area contributed by atoms with E-state index in [4.69, 9.17) is 14.3 Å². The monoisotopic (exact) mass is 620 g/mol. The summed E-state index contributed by atoms with van der Waals surface area (Å²) < 4.78 is 39.3. The van der Waals surface area contributed by atoms with E-state index in [1.165, 1.54) is 24.5 Å². The molecule has 0 spiro atoms. The highest BCUT2D eigenvalue weighted by Gasteiger charge is 2.31. The highest BCUT2D eigenvalue weighted by molar-refractivity contribution is 5.92. The summed E-state index contributed by atoms with van der Waals surface area (Å²) in [6, 6.07) is 9.16. The van der Waals surface area contributed by atoms with Gasteiger partial charge in [-0.15, -0.1) is 0 Å². The van der Waals surface area contributed by atoms with Crippen LogP contribution in [-0.2, 0) is 20.8 Å². The number of allylic oxidation sites excluding steroid dienone is 1. The number of aromatic nitrogens is 2. The van der Waals surface area contributed by atoms with Crippen LogP contribution < -0.4 is 20.0 Å². The van der Waals surface area contributed by atoms with Crippen LogP contribution in [0, 0.1) is 11.6 Å². The Morgan fingerprint density at radius 1 is 1.02 bits per heavy atom. The van der Waals surface area contributed by atoms with E-state index in [-0.39, 0.29) is 12.2 Å². The largest absolute Gasteiger partial charge is 0.494 e. The number of nitrogens with zero attached hydrogens (tertiary/aromatic N) is 5. The van der Waals surface area contributed by atoms with E-state index in [0.717, 1.165) is 69.6 Å². The standard InChI is InChI=1S/C33H38F2N6O4/c1-3-27(42)16-23-17-28(31(43-2)19-30(23)40-7-4-26(5-8-40)39-9-12-44-13-10-39)38-32-20-33(37-21-36-32)41-29(6-11-45-41)22-14-24(34)18-25(35)15-22/h3,14-15,17-21,26,29H,1,4-13,16H2,2H3,(H,36,37,38)/t29-/m1/s1. The molecule has 10 nitrogen and oxygen atoms in total. The number of hydrogen-bond donors (Lipinski definition) is 1. The normalized spacial score (nSPS) is 19.5. The molecule has 6 rings (SSSR count). The Morgan fingerprint density at radius 2 is 1.78 bits per heavy atom. The maximum absolute atomic E-state index is 14.0. The minimum Gasteiger partial charge on any atom is -0.494 e. The number of ether oxygens (including phenoxy) is 2. The van der Waals surface area contributed by atoms with Crippen LogP contribution in [0.1, 0.15) is 36.4 Å². The zero-order valence-electron chi connectivity index (χ0n) is 25.4. The molecule has 238 valence electrons. The number of methoxy groups -OCH3 is 1. The Labute approximate surface area is 261 Å². The first-order chi connectivity index (χ1) is 21.9. The topological polar surface area (TPSA) is 92.3 Å². The van der Waals surface area contributed by atoms with E-state index < -0.39 is 17.7 Å². The Bertz CT molecular complexity index is 1510. The lowest BCUT2D eigenvalue weighted by Crippen LogP contribution is -2.49. The van der Waals surface area contributed by atoms with E-state index in [9.17, 15) is 13.6 Å². The van der Waals surface area contributed by atoms with Crippen LogP contribution in [0.3, 0.4) is 0 Å². The van der Waals surface area contributed by atoms with Crippen LogP contribution in [0.2, 0.25) is 0 Å². The van der Waals surface area contributed by atoms with Crippen molar-refractivity contribution >= 4 is 28.8 Å². The SMILES string of the molecule is C=CC(=O)Cc1cc(Nc2cc(N3OCC[C@@H]3c3cc(F)cc(F)c3)ncn2)c(OC)cc1N1CCC(N2CCOCC2)CC1. The maximum atomic E-state index is 14.0. The van der Waals surface area contributed by atoms with Crippen molar-refractivity contribution in [3.8, 4) is 5.75 Å². The van der Waals surface area contributed by atoms with Gasteiger partial charge in [0, 0.05) is 68.9 Å². The van der Waals surface area contributed by atoms with Crippen LogP contribution in [0.25, 0.3) is 0 Å². The molecule has 0 unspecified atom stereocenters. The summed E-state index contributed by atoms with van der Waals surface area (Å²) in [6.45, 7) is 9.29. The van der Waals surface area contributed by atoms with Crippen molar-refractivity contribution in [3.63, 3.8) is 0 Å². The van der Waals surface area contributed by atoms with E-state index in [1.807, 2.05) is 12.1 Å². The predicted octanol–water partition coefficient (Wildman–Crippen LogP) is 4.99.